The molecule has 2 amide bonds. The first-order chi connectivity index (χ1) is 13.1. The average molecular weight is 372 g/mol. The van der Waals surface area contributed by atoms with Crippen molar-refractivity contribution in [1.82, 2.24) is 10.2 Å². The second-order valence-electron chi connectivity index (χ2n) is 7.36. The third kappa shape index (κ3) is 3.99. The van der Waals surface area contributed by atoms with Crippen LogP contribution in [0.4, 0.5) is 0 Å². The molecule has 0 aliphatic carbocycles. The Bertz CT molecular complexity index is 718. The van der Waals surface area contributed by atoms with Crippen molar-refractivity contribution in [3.05, 3.63) is 35.4 Å². The van der Waals surface area contributed by atoms with Gasteiger partial charge in [0, 0.05) is 18.5 Å². The molecular weight excluding hydrogens is 344 g/mol. The summed E-state index contributed by atoms with van der Waals surface area (Å²) < 4.78 is 5.45. The summed E-state index contributed by atoms with van der Waals surface area (Å²) in [6, 6.07) is 6.45. The molecule has 1 N–H and O–H groups in total. The maximum Gasteiger partial charge on any atom is 0.340 e. The minimum Gasteiger partial charge on any atom is -0.433 e. The molecule has 1 fully saturated rings. The molecule has 2 aliphatic rings. The number of nitrogens with zero attached hydrogens (tertiary/aromatic N) is 1. The van der Waals surface area contributed by atoms with Crippen LogP contribution >= 0.6 is 0 Å². The van der Waals surface area contributed by atoms with Crippen molar-refractivity contribution in [3.8, 4) is 0 Å². The molecule has 1 saturated heterocycles. The highest BCUT2D eigenvalue weighted by Gasteiger charge is 2.46. The van der Waals surface area contributed by atoms with Crippen molar-refractivity contribution in [2.24, 2.45) is 5.92 Å². The normalized spacial score (nSPS) is 22.5. The predicted molar refractivity (Wildman–Crippen MR) is 101 cm³/mol. The zero-order valence-electron chi connectivity index (χ0n) is 16.1. The van der Waals surface area contributed by atoms with Crippen LogP contribution in [0.5, 0.6) is 0 Å². The number of esters is 1. The van der Waals surface area contributed by atoms with Crippen molar-refractivity contribution in [3.63, 3.8) is 0 Å². The number of fused-ring (bicyclic) bond motifs is 1. The molecule has 2 aliphatic heterocycles. The van der Waals surface area contributed by atoms with Gasteiger partial charge in [-0.05, 0) is 24.8 Å². The second kappa shape index (κ2) is 8.55. The summed E-state index contributed by atoms with van der Waals surface area (Å²) in [4.78, 5) is 38.8. The van der Waals surface area contributed by atoms with Crippen LogP contribution in [-0.4, -0.2) is 35.3 Å². The summed E-state index contributed by atoms with van der Waals surface area (Å²) >= 11 is 0. The van der Waals surface area contributed by atoms with E-state index >= 15 is 0 Å². The van der Waals surface area contributed by atoms with E-state index in [2.05, 4.69) is 19.2 Å². The van der Waals surface area contributed by atoms with Crippen molar-refractivity contribution in [2.75, 3.05) is 6.54 Å². The molecular formula is C21H28N2O4. The van der Waals surface area contributed by atoms with Crippen LogP contribution in [0.1, 0.15) is 74.5 Å². The third-order valence-corrected chi connectivity index (χ3v) is 5.58. The Kier molecular flexibility index (Phi) is 6.14. The van der Waals surface area contributed by atoms with Gasteiger partial charge in [-0.3, -0.25) is 14.5 Å². The van der Waals surface area contributed by atoms with E-state index in [1.165, 1.54) is 4.90 Å². The van der Waals surface area contributed by atoms with E-state index in [0.717, 1.165) is 25.7 Å². The maximum atomic E-state index is 12.8. The molecule has 0 bridgehead atoms. The molecule has 0 unspecified atom stereocenters. The SMILES string of the molecule is CCCC[C@@H](CC)CNC(=O)[C@@H]1CCC(=O)N1[C@@H]1OC(=O)c2ccccc21. The largest absolute Gasteiger partial charge is 0.433 e. The highest BCUT2D eigenvalue weighted by atomic mass is 16.6. The van der Waals surface area contributed by atoms with Crippen LogP contribution in [-0.2, 0) is 14.3 Å². The molecule has 1 aromatic rings. The van der Waals surface area contributed by atoms with Crippen LogP contribution in [0.25, 0.3) is 0 Å². The van der Waals surface area contributed by atoms with Crippen LogP contribution in [0, 0.1) is 5.92 Å². The number of cyclic esters (lactones) is 1. The summed E-state index contributed by atoms with van der Waals surface area (Å²) in [6.45, 7) is 4.91. The number of unbranched alkanes of at least 4 members (excludes halogenated alkanes) is 1. The maximum absolute atomic E-state index is 12.8. The van der Waals surface area contributed by atoms with Gasteiger partial charge in [0.05, 0.1) is 5.56 Å². The molecule has 0 saturated carbocycles. The van der Waals surface area contributed by atoms with Gasteiger partial charge in [-0.1, -0.05) is 51.3 Å². The molecule has 3 atom stereocenters. The number of carbonyl (C=O) groups is 3. The summed E-state index contributed by atoms with van der Waals surface area (Å²) in [5.74, 6) is -0.302. The number of hydrogen-bond donors (Lipinski definition) is 1. The van der Waals surface area contributed by atoms with Crippen LogP contribution in [0.15, 0.2) is 24.3 Å². The van der Waals surface area contributed by atoms with Crippen LogP contribution in [0.2, 0.25) is 0 Å². The van der Waals surface area contributed by atoms with Gasteiger partial charge in [0.1, 0.15) is 6.04 Å². The molecule has 6 heteroatoms. The van der Waals surface area contributed by atoms with E-state index in [4.69, 9.17) is 4.74 Å². The number of amides is 2. The number of rotatable bonds is 8. The fourth-order valence-electron chi connectivity index (χ4n) is 3.89. The molecule has 1 aromatic carbocycles. The summed E-state index contributed by atoms with van der Waals surface area (Å²) in [5.41, 5.74) is 1.12. The Morgan fingerprint density at radius 2 is 2.07 bits per heavy atom. The topological polar surface area (TPSA) is 75.7 Å². The Hall–Kier alpha value is -2.37. The molecule has 2 heterocycles. The first kappa shape index (κ1) is 19.4. The number of nitrogens with one attached hydrogen (secondary N) is 1. The van der Waals surface area contributed by atoms with Gasteiger partial charge in [-0.2, -0.15) is 0 Å². The Balaban J connectivity index is 1.70. The quantitative estimate of drug-likeness (QED) is 0.711. The molecule has 27 heavy (non-hydrogen) atoms. The van der Waals surface area contributed by atoms with Gasteiger partial charge in [0.15, 0.2) is 0 Å². The number of benzene rings is 1. The van der Waals surface area contributed by atoms with E-state index in [9.17, 15) is 14.4 Å². The monoisotopic (exact) mass is 372 g/mol. The van der Waals surface area contributed by atoms with E-state index < -0.39 is 18.2 Å². The molecule has 0 radical (unpaired) electrons. The Morgan fingerprint density at radius 3 is 2.81 bits per heavy atom. The predicted octanol–water partition coefficient (Wildman–Crippen LogP) is 3.18. The highest BCUT2D eigenvalue weighted by Crippen LogP contribution is 2.38. The first-order valence-corrected chi connectivity index (χ1v) is 9.95. The van der Waals surface area contributed by atoms with Crippen LogP contribution in [0.3, 0.4) is 0 Å². The Labute approximate surface area is 160 Å². The number of hydrogen-bond acceptors (Lipinski definition) is 4. The van der Waals surface area contributed by atoms with Crippen molar-refractivity contribution < 1.29 is 19.1 Å². The minimum atomic E-state index is -0.804. The zero-order valence-corrected chi connectivity index (χ0v) is 16.1. The number of carbonyl (C=O) groups excluding carboxylic acids is 3. The fraction of sp³-hybridized carbons (Fsp3) is 0.571. The lowest BCUT2D eigenvalue weighted by Gasteiger charge is -2.29. The van der Waals surface area contributed by atoms with Crippen LogP contribution < -0.4 is 5.32 Å². The molecule has 3 rings (SSSR count). The van der Waals surface area contributed by atoms with Gasteiger partial charge >= 0.3 is 5.97 Å². The first-order valence-electron chi connectivity index (χ1n) is 9.95. The van der Waals surface area contributed by atoms with Gasteiger partial charge in [-0.25, -0.2) is 4.79 Å². The lowest BCUT2D eigenvalue weighted by Crippen LogP contribution is -2.47. The van der Waals surface area contributed by atoms with Crippen molar-refractivity contribution in [1.29, 1.82) is 0 Å². The second-order valence-corrected chi connectivity index (χ2v) is 7.36. The lowest BCUT2D eigenvalue weighted by atomic mass is 9.99. The minimum absolute atomic E-state index is 0.150. The van der Waals surface area contributed by atoms with Gasteiger partial charge in [0.2, 0.25) is 18.0 Å². The standard InChI is InChI=1S/C21H28N2O4/c1-3-5-8-14(4-2)13-22-19(25)17-11-12-18(24)23(17)20-15-9-6-7-10-16(15)21(26)27-20/h6-7,9-10,14,17,20H,3-5,8,11-13H2,1-2H3,(H,22,25)/t14-,17+,20-/m1/s1. The van der Waals surface area contributed by atoms with Gasteiger partial charge < -0.3 is 10.1 Å². The fourth-order valence-corrected chi connectivity index (χ4v) is 3.89. The smallest absolute Gasteiger partial charge is 0.340 e. The third-order valence-electron chi connectivity index (χ3n) is 5.58. The van der Waals surface area contributed by atoms with Gasteiger partial charge in [-0.15, -0.1) is 0 Å². The summed E-state index contributed by atoms with van der Waals surface area (Å²) in [7, 11) is 0. The van der Waals surface area contributed by atoms with Crippen molar-refractivity contribution in [2.45, 2.75) is 64.6 Å². The number of ether oxygens (including phenoxy) is 1. The average Bonchev–Trinajstić information content (AvgIpc) is 3.22. The van der Waals surface area contributed by atoms with E-state index in [-0.39, 0.29) is 11.8 Å². The summed E-state index contributed by atoms with van der Waals surface area (Å²) in [5, 5.41) is 3.02. The summed E-state index contributed by atoms with van der Waals surface area (Å²) in [6.07, 6.45) is 4.34. The lowest BCUT2D eigenvalue weighted by molar-refractivity contribution is -0.145. The van der Waals surface area contributed by atoms with E-state index in [1.807, 2.05) is 6.07 Å². The van der Waals surface area contributed by atoms with Gasteiger partial charge in [0.25, 0.3) is 0 Å². The molecule has 146 valence electrons. The number of likely N-dealkylation sites (tertiary alicyclic amines) is 1. The molecule has 6 nitrogen and oxygen atoms in total. The van der Waals surface area contributed by atoms with E-state index in [0.29, 0.717) is 36.4 Å². The van der Waals surface area contributed by atoms with Crippen molar-refractivity contribution >= 4 is 17.8 Å². The molecule has 0 spiro atoms. The highest BCUT2D eigenvalue weighted by molar-refractivity contribution is 5.96. The zero-order chi connectivity index (χ0) is 19.4. The Morgan fingerprint density at radius 1 is 1.30 bits per heavy atom. The van der Waals surface area contributed by atoms with E-state index in [1.54, 1.807) is 18.2 Å². The molecule has 0 aromatic heterocycles.